The summed E-state index contributed by atoms with van der Waals surface area (Å²) >= 11 is 0. The Labute approximate surface area is 73.4 Å². The molecule has 0 heterocycles. The predicted octanol–water partition coefficient (Wildman–Crippen LogP) is 2.13. The van der Waals surface area contributed by atoms with Crippen LogP contribution in [0.25, 0.3) is 0 Å². The third kappa shape index (κ3) is 4.48. The lowest BCUT2D eigenvalue weighted by Gasteiger charge is -1.88. The molecule has 1 rings (SSSR count). The zero-order valence-electron chi connectivity index (χ0n) is 7.66. The van der Waals surface area contributed by atoms with Crippen molar-refractivity contribution in [1.82, 2.24) is 0 Å². The molecule has 0 aliphatic heterocycles. The largest absolute Gasteiger partial charge is 0.388 e. The molecule has 0 radical (unpaired) electrons. The third-order valence-corrected chi connectivity index (χ3v) is 1.18. The number of hydrogen-bond donors (Lipinski definition) is 0. The van der Waals surface area contributed by atoms with Gasteiger partial charge in [-0.2, -0.15) is 5.26 Å². The van der Waals surface area contributed by atoms with E-state index in [0.717, 1.165) is 5.56 Å². The zero-order chi connectivity index (χ0) is 9.40. The first-order valence-electron chi connectivity index (χ1n) is 3.61. The Morgan fingerprint density at radius 2 is 1.58 bits per heavy atom. The molecule has 0 saturated carbocycles. The van der Waals surface area contributed by atoms with Crippen molar-refractivity contribution in [3.8, 4) is 6.07 Å². The molecule has 0 unspecified atom stereocenters. The fourth-order valence-electron chi connectivity index (χ4n) is 0.628. The second kappa shape index (κ2) is 6.38. The van der Waals surface area contributed by atoms with E-state index in [9.17, 15) is 0 Å². The fourth-order valence-corrected chi connectivity index (χ4v) is 0.628. The van der Waals surface area contributed by atoms with Crippen molar-refractivity contribution in [3.63, 3.8) is 0 Å². The summed E-state index contributed by atoms with van der Waals surface area (Å²) in [6.07, 6.45) is 0. The van der Waals surface area contributed by atoms with E-state index in [1.54, 1.807) is 14.2 Å². The molecule has 0 aliphatic rings. The smallest absolute Gasteiger partial charge is 0.0991 e. The normalized spacial score (nSPS) is 7.83. The Kier molecular flexibility index (Phi) is 5.68. The summed E-state index contributed by atoms with van der Waals surface area (Å²) in [5.41, 5.74) is 1.91. The van der Waals surface area contributed by atoms with Gasteiger partial charge in [0.05, 0.1) is 11.6 Å². The second-order valence-electron chi connectivity index (χ2n) is 2.39. The van der Waals surface area contributed by atoms with Gasteiger partial charge in [-0.05, 0) is 19.1 Å². The van der Waals surface area contributed by atoms with Crippen LogP contribution in [0.1, 0.15) is 11.1 Å². The molecule has 0 atom stereocenters. The minimum Gasteiger partial charge on any atom is -0.388 e. The highest BCUT2D eigenvalue weighted by Crippen LogP contribution is 1.99. The maximum atomic E-state index is 8.38. The van der Waals surface area contributed by atoms with Gasteiger partial charge in [0, 0.05) is 14.2 Å². The topological polar surface area (TPSA) is 33.0 Å². The average Bonchev–Trinajstić information content (AvgIpc) is 2.07. The van der Waals surface area contributed by atoms with Gasteiger partial charge in [0.15, 0.2) is 0 Å². The molecule has 0 aliphatic carbocycles. The van der Waals surface area contributed by atoms with Crippen LogP contribution < -0.4 is 0 Å². The lowest BCUT2D eigenvalue weighted by Crippen LogP contribution is -1.72. The summed E-state index contributed by atoms with van der Waals surface area (Å²) in [6, 6.07) is 9.54. The highest BCUT2D eigenvalue weighted by atomic mass is 16.4. The minimum absolute atomic E-state index is 0.723. The molecular weight excluding hydrogens is 150 g/mol. The van der Waals surface area contributed by atoms with Gasteiger partial charge in [-0.3, -0.25) is 0 Å². The van der Waals surface area contributed by atoms with Crippen molar-refractivity contribution in [1.29, 1.82) is 5.26 Å². The molecular formula is C10H13NO. The van der Waals surface area contributed by atoms with Crippen molar-refractivity contribution in [2.45, 2.75) is 6.92 Å². The Morgan fingerprint density at radius 3 is 1.92 bits per heavy atom. The summed E-state index contributed by atoms with van der Waals surface area (Å²) in [5, 5.41) is 8.38. The van der Waals surface area contributed by atoms with Gasteiger partial charge in [0.25, 0.3) is 0 Å². The minimum atomic E-state index is 0.723. The Bertz CT molecular complexity index is 246. The molecule has 2 heteroatoms. The Hall–Kier alpha value is -1.33. The van der Waals surface area contributed by atoms with Crippen molar-refractivity contribution in [3.05, 3.63) is 35.4 Å². The van der Waals surface area contributed by atoms with Gasteiger partial charge in [-0.1, -0.05) is 17.7 Å². The number of benzene rings is 1. The lowest BCUT2D eigenvalue weighted by atomic mass is 10.2. The van der Waals surface area contributed by atoms with E-state index in [-0.39, 0.29) is 0 Å². The first-order chi connectivity index (χ1) is 5.74. The van der Waals surface area contributed by atoms with Crippen LogP contribution in [0.15, 0.2) is 24.3 Å². The molecule has 0 saturated heterocycles. The van der Waals surface area contributed by atoms with E-state index in [1.165, 1.54) is 5.56 Å². The summed E-state index contributed by atoms with van der Waals surface area (Å²) in [6.45, 7) is 2.00. The number of aryl methyl sites for hydroxylation is 1. The number of nitriles is 1. The van der Waals surface area contributed by atoms with Gasteiger partial charge in [0.1, 0.15) is 0 Å². The molecule has 0 amide bonds. The number of rotatable bonds is 0. The lowest BCUT2D eigenvalue weighted by molar-refractivity contribution is 0.277. The van der Waals surface area contributed by atoms with Crippen LogP contribution in [0.5, 0.6) is 0 Å². The molecule has 0 aromatic heterocycles. The first kappa shape index (κ1) is 10.7. The average molecular weight is 163 g/mol. The number of ether oxygens (including phenoxy) is 1. The molecule has 64 valence electrons. The maximum absolute atomic E-state index is 8.38. The van der Waals surface area contributed by atoms with Crippen LogP contribution in [0.2, 0.25) is 0 Å². The molecule has 1 aromatic rings. The van der Waals surface area contributed by atoms with Crippen LogP contribution in [-0.4, -0.2) is 14.2 Å². The van der Waals surface area contributed by atoms with Crippen LogP contribution in [-0.2, 0) is 4.74 Å². The highest BCUT2D eigenvalue weighted by molar-refractivity contribution is 5.30. The maximum Gasteiger partial charge on any atom is 0.0991 e. The summed E-state index contributed by atoms with van der Waals surface area (Å²) in [7, 11) is 3.25. The number of methoxy groups -OCH3 is 1. The Morgan fingerprint density at radius 1 is 1.17 bits per heavy atom. The molecule has 0 bridgehead atoms. The van der Waals surface area contributed by atoms with Crippen molar-refractivity contribution >= 4 is 0 Å². The van der Waals surface area contributed by atoms with Gasteiger partial charge < -0.3 is 4.74 Å². The second-order valence-corrected chi connectivity index (χ2v) is 2.39. The van der Waals surface area contributed by atoms with Gasteiger partial charge in [0.2, 0.25) is 0 Å². The molecule has 1 aromatic carbocycles. The van der Waals surface area contributed by atoms with Gasteiger partial charge >= 0.3 is 0 Å². The fraction of sp³-hybridized carbons (Fsp3) is 0.300. The monoisotopic (exact) mass is 163 g/mol. The van der Waals surface area contributed by atoms with E-state index in [0.29, 0.717) is 0 Å². The van der Waals surface area contributed by atoms with Crippen LogP contribution in [0.4, 0.5) is 0 Å². The summed E-state index contributed by atoms with van der Waals surface area (Å²) in [5.74, 6) is 0. The van der Waals surface area contributed by atoms with E-state index in [1.807, 2.05) is 31.2 Å². The van der Waals surface area contributed by atoms with Gasteiger partial charge in [-0.15, -0.1) is 0 Å². The van der Waals surface area contributed by atoms with Crippen molar-refractivity contribution in [2.24, 2.45) is 0 Å². The van der Waals surface area contributed by atoms with Crippen LogP contribution in [0.3, 0.4) is 0 Å². The molecule has 0 fully saturated rings. The molecule has 0 N–H and O–H groups in total. The molecule has 12 heavy (non-hydrogen) atoms. The van der Waals surface area contributed by atoms with Crippen molar-refractivity contribution in [2.75, 3.05) is 14.2 Å². The molecule has 2 nitrogen and oxygen atoms in total. The van der Waals surface area contributed by atoms with E-state index < -0.39 is 0 Å². The first-order valence-corrected chi connectivity index (χ1v) is 3.61. The van der Waals surface area contributed by atoms with Crippen LogP contribution >= 0.6 is 0 Å². The van der Waals surface area contributed by atoms with E-state index in [2.05, 4.69) is 10.8 Å². The van der Waals surface area contributed by atoms with Crippen LogP contribution in [0, 0.1) is 18.3 Å². The highest BCUT2D eigenvalue weighted by Gasteiger charge is 1.84. The van der Waals surface area contributed by atoms with Gasteiger partial charge in [-0.25, -0.2) is 0 Å². The van der Waals surface area contributed by atoms with Crippen molar-refractivity contribution < 1.29 is 4.74 Å². The SMILES string of the molecule is COC.Cc1ccc(C#N)cc1. The standard InChI is InChI=1S/C8H7N.C2H6O/c1-7-2-4-8(6-9)5-3-7;1-3-2/h2-5H,1H3;1-2H3. The Balaban J connectivity index is 0.000000354. The zero-order valence-corrected chi connectivity index (χ0v) is 7.66. The summed E-state index contributed by atoms with van der Waals surface area (Å²) in [4.78, 5) is 0. The van der Waals surface area contributed by atoms with E-state index in [4.69, 9.17) is 5.26 Å². The molecule has 0 spiro atoms. The third-order valence-electron chi connectivity index (χ3n) is 1.18. The number of nitrogens with zero attached hydrogens (tertiary/aromatic N) is 1. The quantitative estimate of drug-likeness (QED) is 0.587. The number of hydrogen-bond acceptors (Lipinski definition) is 2. The van der Waals surface area contributed by atoms with E-state index >= 15 is 0 Å². The predicted molar refractivity (Wildman–Crippen MR) is 48.8 cm³/mol. The summed E-state index contributed by atoms with van der Waals surface area (Å²) < 4.78 is 4.25.